The lowest BCUT2D eigenvalue weighted by molar-refractivity contribution is 0.0534. The van der Waals surface area contributed by atoms with E-state index in [4.69, 9.17) is 0 Å². The van der Waals surface area contributed by atoms with Gasteiger partial charge in [0.25, 0.3) is 11.8 Å². The van der Waals surface area contributed by atoms with Crippen LogP contribution in [-0.2, 0) is 0 Å². The predicted octanol–water partition coefficient (Wildman–Crippen LogP) is 2.62. The summed E-state index contributed by atoms with van der Waals surface area (Å²) in [6.45, 7) is 0. The predicted molar refractivity (Wildman–Crippen MR) is 66.2 cm³/mol. The van der Waals surface area contributed by atoms with Crippen LogP contribution in [0.3, 0.4) is 0 Å². The van der Waals surface area contributed by atoms with Gasteiger partial charge in [0.2, 0.25) is 0 Å². The first-order chi connectivity index (χ1) is 8.73. The summed E-state index contributed by atoms with van der Waals surface area (Å²) in [7, 11) is 0. The molecule has 0 aromatic heterocycles. The topological polar surface area (TPSA) is 37.4 Å². The van der Waals surface area contributed by atoms with E-state index in [-0.39, 0.29) is 23.3 Å². The summed E-state index contributed by atoms with van der Waals surface area (Å²) in [6, 6.07) is 7.35. The van der Waals surface area contributed by atoms with Gasteiger partial charge in [-0.15, -0.1) is 0 Å². The average molecular weight is 241 g/mol. The molecule has 2 saturated carbocycles. The second-order valence-electron chi connectivity index (χ2n) is 5.80. The first-order valence-corrected chi connectivity index (χ1v) is 6.70. The van der Waals surface area contributed by atoms with Crippen molar-refractivity contribution in [2.24, 2.45) is 5.41 Å². The van der Waals surface area contributed by atoms with E-state index in [1.165, 1.54) is 19.3 Å². The second kappa shape index (κ2) is 3.22. The number of hydrogen-bond acceptors (Lipinski definition) is 2. The standard InChI is InChI=1S/C15H15NO2/c17-13-10-4-1-2-5-11(10)14(18)16(13)12-6-3-7-15(12)8-9-15/h1-2,4-5,12H,3,6-9H2. The van der Waals surface area contributed by atoms with E-state index < -0.39 is 0 Å². The average Bonchev–Trinajstić information content (AvgIpc) is 2.98. The highest BCUT2D eigenvalue weighted by atomic mass is 16.2. The summed E-state index contributed by atoms with van der Waals surface area (Å²) in [5.74, 6) is -0.150. The molecule has 2 fully saturated rings. The van der Waals surface area contributed by atoms with E-state index in [2.05, 4.69) is 0 Å². The Hall–Kier alpha value is -1.64. The summed E-state index contributed by atoms with van der Waals surface area (Å²) >= 11 is 0. The monoisotopic (exact) mass is 241 g/mol. The molecule has 1 aromatic carbocycles. The van der Waals surface area contributed by atoms with Crippen LogP contribution in [0.4, 0.5) is 0 Å². The van der Waals surface area contributed by atoms with Crippen LogP contribution in [-0.4, -0.2) is 22.8 Å². The van der Waals surface area contributed by atoms with Crippen molar-refractivity contribution in [3.63, 3.8) is 0 Å². The van der Waals surface area contributed by atoms with Gasteiger partial charge in [0, 0.05) is 6.04 Å². The number of imide groups is 1. The molecule has 1 unspecified atom stereocenters. The summed E-state index contributed by atoms with van der Waals surface area (Å²) in [6.07, 6.45) is 5.70. The number of amides is 2. The van der Waals surface area contributed by atoms with Gasteiger partial charge in [-0.1, -0.05) is 18.6 Å². The summed E-state index contributed by atoms with van der Waals surface area (Å²) in [5.41, 5.74) is 1.46. The van der Waals surface area contributed by atoms with Gasteiger partial charge >= 0.3 is 0 Å². The van der Waals surface area contributed by atoms with Crippen LogP contribution in [0.1, 0.15) is 52.8 Å². The molecule has 1 spiro atoms. The summed E-state index contributed by atoms with van der Waals surface area (Å²) in [5, 5.41) is 0. The quantitative estimate of drug-likeness (QED) is 0.709. The van der Waals surface area contributed by atoms with E-state index in [0.29, 0.717) is 11.1 Å². The van der Waals surface area contributed by atoms with Crippen LogP contribution < -0.4 is 0 Å². The molecular weight excluding hydrogens is 226 g/mol. The second-order valence-corrected chi connectivity index (χ2v) is 5.80. The van der Waals surface area contributed by atoms with Crippen LogP contribution in [0.15, 0.2) is 24.3 Å². The third-order valence-electron chi connectivity index (χ3n) is 4.89. The first-order valence-electron chi connectivity index (χ1n) is 6.70. The van der Waals surface area contributed by atoms with Gasteiger partial charge in [0.1, 0.15) is 0 Å². The molecule has 0 radical (unpaired) electrons. The number of fused-ring (bicyclic) bond motifs is 1. The minimum atomic E-state index is -0.0752. The van der Waals surface area contributed by atoms with Crippen molar-refractivity contribution in [2.45, 2.75) is 38.1 Å². The molecule has 0 N–H and O–H groups in total. The number of hydrogen-bond donors (Lipinski definition) is 0. The van der Waals surface area contributed by atoms with Crippen molar-refractivity contribution >= 4 is 11.8 Å². The fourth-order valence-corrected chi connectivity index (χ4v) is 3.76. The Kier molecular flexibility index (Phi) is 1.84. The number of carbonyl (C=O) groups is 2. The van der Waals surface area contributed by atoms with Gasteiger partial charge in [-0.05, 0) is 43.2 Å². The SMILES string of the molecule is O=C1c2ccccc2C(=O)N1C1CCCC12CC2. The minimum absolute atomic E-state index is 0.0752. The van der Waals surface area contributed by atoms with Crippen molar-refractivity contribution in [2.75, 3.05) is 0 Å². The highest BCUT2D eigenvalue weighted by Gasteiger charge is 2.57. The molecule has 2 amide bonds. The molecule has 1 aromatic rings. The Balaban J connectivity index is 1.76. The summed E-state index contributed by atoms with van der Waals surface area (Å²) < 4.78 is 0. The van der Waals surface area contributed by atoms with Gasteiger partial charge in [-0.2, -0.15) is 0 Å². The van der Waals surface area contributed by atoms with Crippen LogP contribution in [0.5, 0.6) is 0 Å². The third-order valence-corrected chi connectivity index (χ3v) is 4.89. The van der Waals surface area contributed by atoms with E-state index in [9.17, 15) is 9.59 Å². The first kappa shape index (κ1) is 10.3. The maximum atomic E-state index is 12.4. The Morgan fingerprint density at radius 2 is 1.61 bits per heavy atom. The largest absolute Gasteiger partial charge is 0.271 e. The lowest BCUT2D eigenvalue weighted by atomic mass is 9.99. The molecule has 92 valence electrons. The smallest absolute Gasteiger partial charge is 0.261 e. The minimum Gasteiger partial charge on any atom is -0.271 e. The van der Waals surface area contributed by atoms with Crippen molar-refractivity contribution in [1.82, 2.24) is 4.90 Å². The number of benzene rings is 1. The van der Waals surface area contributed by atoms with Crippen molar-refractivity contribution in [1.29, 1.82) is 0 Å². The van der Waals surface area contributed by atoms with Crippen molar-refractivity contribution in [3.8, 4) is 0 Å². The summed E-state index contributed by atoms with van der Waals surface area (Å²) in [4.78, 5) is 26.4. The normalized spacial score (nSPS) is 28.0. The molecule has 1 atom stereocenters. The van der Waals surface area contributed by atoms with Crippen molar-refractivity contribution < 1.29 is 9.59 Å². The zero-order valence-corrected chi connectivity index (χ0v) is 10.2. The molecule has 18 heavy (non-hydrogen) atoms. The van der Waals surface area contributed by atoms with Crippen LogP contribution in [0.2, 0.25) is 0 Å². The Morgan fingerprint density at radius 3 is 2.17 bits per heavy atom. The molecule has 0 bridgehead atoms. The highest BCUT2D eigenvalue weighted by Crippen LogP contribution is 2.60. The Morgan fingerprint density at radius 1 is 1.00 bits per heavy atom. The van der Waals surface area contributed by atoms with Crippen LogP contribution in [0, 0.1) is 5.41 Å². The van der Waals surface area contributed by atoms with E-state index in [0.717, 1.165) is 12.8 Å². The number of carbonyl (C=O) groups excluding carboxylic acids is 2. The third kappa shape index (κ3) is 1.14. The Bertz CT molecular complexity index is 524. The van der Waals surface area contributed by atoms with Gasteiger partial charge in [-0.25, -0.2) is 0 Å². The number of rotatable bonds is 1. The molecule has 1 heterocycles. The molecular formula is C15H15NO2. The van der Waals surface area contributed by atoms with Crippen molar-refractivity contribution in [3.05, 3.63) is 35.4 Å². The lowest BCUT2D eigenvalue weighted by Gasteiger charge is -2.27. The maximum absolute atomic E-state index is 12.4. The van der Waals surface area contributed by atoms with E-state index >= 15 is 0 Å². The van der Waals surface area contributed by atoms with Crippen LogP contribution in [0.25, 0.3) is 0 Å². The molecule has 3 aliphatic rings. The van der Waals surface area contributed by atoms with Gasteiger partial charge < -0.3 is 0 Å². The lowest BCUT2D eigenvalue weighted by Crippen LogP contribution is -2.42. The van der Waals surface area contributed by atoms with Gasteiger partial charge in [0.05, 0.1) is 11.1 Å². The van der Waals surface area contributed by atoms with Gasteiger partial charge in [0.15, 0.2) is 0 Å². The molecule has 1 aliphatic heterocycles. The van der Waals surface area contributed by atoms with Gasteiger partial charge in [-0.3, -0.25) is 14.5 Å². The highest BCUT2D eigenvalue weighted by molar-refractivity contribution is 6.21. The molecule has 2 aliphatic carbocycles. The molecule has 4 rings (SSSR count). The Labute approximate surface area is 106 Å². The molecule has 3 nitrogen and oxygen atoms in total. The zero-order chi connectivity index (χ0) is 12.3. The zero-order valence-electron chi connectivity index (χ0n) is 10.2. The van der Waals surface area contributed by atoms with Crippen LogP contribution >= 0.6 is 0 Å². The van der Waals surface area contributed by atoms with E-state index in [1.807, 2.05) is 12.1 Å². The fraction of sp³-hybridized carbons (Fsp3) is 0.467. The van der Waals surface area contributed by atoms with E-state index in [1.54, 1.807) is 17.0 Å². The number of nitrogens with zero attached hydrogens (tertiary/aromatic N) is 1. The maximum Gasteiger partial charge on any atom is 0.261 e. The molecule has 3 heteroatoms. The molecule has 0 saturated heterocycles. The fourth-order valence-electron chi connectivity index (χ4n) is 3.76.